The summed E-state index contributed by atoms with van der Waals surface area (Å²) in [6.45, 7) is 3.81. The number of amides is 1. The van der Waals surface area contributed by atoms with E-state index in [4.69, 9.17) is 9.47 Å². The highest BCUT2D eigenvalue weighted by Crippen LogP contribution is 2.44. The standard InChI is InChI=1S/C25H26N2O5S/c1-16(2)17-9-11-21-20(13-17)19-7-5-6-8-24(19)33(29,30)27(21)15-25(28)26-18-10-12-22(31-3)23(14-18)32-4/h5-14,16H,15H2,1-4H3,(H,26,28). The maximum absolute atomic E-state index is 13.5. The van der Waals surface area contributed by atoms with E-state index in [0.29, 0.717) is 28.4 Å². The number of nitrogens with zero attached hydrogens (tertiary/aromatic N) is 1. The largest absolute Gasteiger partial charge is 0.493 e. The van der Waals surface area contributed by atoms with Crippen LogP contribution in [-0.4, -0.2) is 35.1 Å². The third kappa shape index (κ3) is 4.14. The fraction of sp³-hybridized carbons (Fsp3) is 0.240. The van der Waals surface area contributed by atoms with E-state index in [2.05, 4.69) is 19.2 Å². The number of fused-ring (bicyclic) bond motifs is 3. The molecule has 0 bridgehead atoms. The normalized spacial score (nSPS) is 13.8. The number of benzene rings is 3. The summed E-state index contributed by atoms with van der Waals surface area (Å²) in [5.41, 5.74) is 3.50. The topological polar surface area (TPSA) is 84.9 Å². The molecule has 0 atom stereocenters. The second-order valence-corrected chi connectivity index (χ2v) is 9.89. The monoisotopic (exact) mass is 466 g/mol. The maximum atomic E-state index is 13.5. The summed E-state index contributed by atoms with van der Waals surface area (Å²) in [6, 6.07) is 17.6. The van der Waals surface area contributed by atoms with Gasteiger partial charge in [0.05, 0.1) is 24.8 Å². The van der Waals surface area contributed by atoms with Crippen molar-refractivity contribution >= 4 is 27.3 Å². The summed E-state index contributed by atoms with van der Waals surface area (Å²) in [6.07, 6.45) is 0. The average Bonchev–Trinajstić information content (AvgIpc) is 2.81. The third-order valence-electron chi connectivity index (χ3n) is 5.66. The summed E-state index contributed by atoms with van der Waals surface area (Å²) >= 11 is 0. The Bertz CT molecular complexity index is 1320. The van der Waals surface area contributed by atoms with Crippen molar-refractivity contribution in [1.82, 2.24) is 0 Å². The summed E-state index contributed by atoms with van der Waals surface area (Å²) < 4.78 is 38.6. The minimum absolute atomic E-state index is 0.192. The summed E-state index contributed by atoms with van der Waals surface area (Å²) in [5, 5.41) is 2.76. The quantitative estimate of drug-likeness (QED) is 0.572. The van der Waals surface area contributed by atoms with Crippen LogP contribution in [0.4, 0.5) is 11.4 Å². The van der Waals surface area contributed by atoms with Crippen LogP contribution in [-0.2, 0) is 14.8 Å². The molecule has 0 radical (unpaired) electrons. The zero-order valence-corrected chi connectivity index (χ0v) is 19.8. The lowest BCUT2D eigenvalue weighted by molar-refractivity contribution is -0.114. The van der Waals surface area contributed by atoms with Gasteiger partial charge in [0, 0.05) is 22.9 Å². The van der Waals surface area contributed by atoms with E-state index < -0.39 is 15.9 Å². The molecule has 172 valence electrons. The van der Waals surface area contributed by atoms with Gasteiger partial charge in [0.2, 0.25) is 5.91 Å². The number of ether oxygens (including phenoxy) is 2. The van der Waals surface area contributed by atoms with Crippen LogP contribution in [0.15, 0.2) is 65.6 Å². The molecule has 0 unspecified atom stereocenters. The van der Waals surface area contributed by atoms with Crippen molar-refractivity contribution in [3.8, 4) is 22.6 Å². The third-order valence-corrected chi connectivity index (χ3v) is 7.47. The summed E-state index contributed by atoms with van der Waals surface area (Å²) in [7, 11) is -0.884. The van der Waals surface area contributed by atoms with Gasteiger partial charge >= 0.3 is 0 Å². The molecule has 0 fully saturated rings. The molecule has 3 aromatic carbocycles. The molecule has 33 heavy (non-hydrogen) atoms. The second kappa shape index (κ2) is 8.78. The van der Waals surface area contributed by atoms with Gasteiger partial charge in [-0.25, -0.2) is 8.42 Å². The van der Waals surface area contributed by atoms with Gasteiger partial charge in [0.25, 0.3) is 10.0 Å². The van der Waals surface area contributed by atoms with E-state index in [1.54, 1.807) is 42.5 Å². The number of sulfonamides is 1. The molecule has 8 heteroatoms. The van der Waals surface area contributed by atoms with Crippen molar-refractivity contribution in [1.29, 1.82) is 0 Å². The van der Waals surface area contributed by atoms with Crippen LogP contribution >= 0.6 is 0 Å². The van der Waals surface area contributed by atoms with Crippen molar-refractivity contribution in [3.05, 3.63) is 66.2 Å². The Kier molecular flexibility index (Phi) is 6.03. The smallest absolute Gasteiger partial charge is 0.265 e. The van der Waals surface area contributed by atoms with Crippen molar-refractivity contribution in [2.45, 2.75) is 24.7 Å². The Morgan fingerprint density at radius 3 is 2.36 bits per heavy atom. The van der Waals surface area contributed by atoms with Gasteiger partial charge in [-0.3, -0.25) is 9.10 Å². The fourth-order valence-electron chi connectivity index (χ4n) is 3.92. The van der Waals surface area contributed by atoms with Gasteiger partial charge in [-0.2, -0.15) is 0 Å². The van der Waals surface area contributed by atoms with E-state index in [1.165, 1.54) is 18.5 Å². The van der Waals surface area contributed by atoms with Crippen molar-refractivity contribution in [2.75, 3.05) is 30.4 Å². The zero-order chi connectivity index (χ0) is 23.8. The predicted molar refractivity (Wildman–Crippen MR) is 129 cm³/mol. The minimum atomic E-state index is -3.91. The molecule has 1 aliphatic heterocycles. The first-order valence-corrected chi connectivity index (χ1v) is 12.0. The van der Waals surface area contributed by atoms with Crippen LogP contribution in [0, 0.1) is 0 Å². The molecule has 1 aliphatic rings. The van der Waals surface area contributed by atoms with E-state index >= 15 is 0 Å². The number of nitrogens with one attached hydrogen (secondary N) is 1. The molecule has 1 heterocycles. The van der Waals surface area contributed by atoms with Gasteiger partial charge in [-0.15, -0.1) is 0 Å². The Morgan fingerprint density at radius 2 is 1.67 bits per heavy atom. The van der Waals surface area contributed by atoms with Gasteiger partial charge < -0.3 is 14.8 Å². The number of hydrogen-bond acceptors (Lipinski definition) is 5. The maximum Gasteiger partial charge on any atom is 0.265 e. The van der Waals surface area contributed by atoms with Crippen LogP contribution in [0.3, 0.4) is 0 Å². The fourth-order valence-corrected chi connectivity index (χ4v) is 5.57. The molecular formula is C25H26N2O5S. The highest BCUT2D eigenvalue weighted by molar-refractivity contribution is 7.93. The van der Waals surface area contributed by atoms with Crippen LogP contribution in [0.25, 0.3) is 11.1 Å². The molecule has 0 aromatic heterocycles. The zero-order valence-electron chi connectivity index (χ0n) is 19.0. The lowest BCUT2D eigenvalue weighted by atomic mass is 9.95. The van der Waals surface area contributed by atoms with Gasteiger partial charge in [0.1, 0.15) is 6.54 Å². The molecule has 1 N–H and O–H groups in total. The molecule has 0 saturated heterocycles. The number of hydrogen-bond donors (Lipinski definition) is 1. The first-order chi connectivity index (χ1) is 15.8. The lowest BCUT2D eigenvalue weighted by Crippen LogP contribution is -2.40. The average molecular weight is 467 g/mol. The minimum Gasteiger partial charge on any atom is -0.493 e. The highest BCUT2D eigenvalue weighted by atomic mass is 32.2. The Labute approximate surface area is 194 Å². The highest BCUT2D eigenvalue weighted by Gasteiger charge is 2.36. The van der Waals surface area contributed by atoms with Crippen molar-refractivity contribution < 1.29 is 22.7 Å². The number of carbonyl (C=O) groups is 1. The second-order valence-electron chi connectivity index (χ2n) is 8.06. The Hall–Kier alpha value is -3.52. The van der Waals surface area contributed by atoms with Crippen molar-refractivity contribution in [2.24, 2.45) is 0 Å². The first-order valence-electron chi connectivity index (χ1n) is 10.5. The first kappa shape index (κ1) is 22.7. The predicted octanol–water partition coefficient (Wildman–Crippen LogP) is 4.64. The van der Waals surface area contributed by atoms with Crippen molar-refractivity contribution in [3.63, 3.8) is 0 Å². The lowest BCUT2D eigenvalue weighted by Gasteiger charge is -2.32. The summed E-state index contributed by atoms with van der Waals surface area (Å²) in [5.74, 6) is 0.800. The van der Waals surface area contributed by atoms with E-state index in [-0.39, 0.29) is 17.4 Å². The molecular weight excluding hydrogens is 440 g/mol. The van der Waals surface area contributed by atoms with Gasteiger partial charge in [0.15, 0.2) is 11.5 Å². The van der Waals surface area contributed by atoms with E-state index in [0.717, 1.165) is 11.1 Å². The van der Waals surface area contributed by atoms with E-state index in [1.807, 2.05) is 18.2 Å². The summed E-state index contributed by atoms with van der Waals surface area (Å²) in [4.78, 5) is 13.1. The number of anilines is 2. The molecule has 0 spiro atoms. The molecule has 7 nitrogen and oxygen atoms in total. The van der Waals surface area contributed by atoms with E-state index in [9.17, 15) is 13.2 Å². The molecule has 0 aliphatic carbocycles. The SMILES string of the molecule is COc1ccc(NC(=O)CN2c3ccc(C(C)C)cc3-c3ccccc3S2(=O)=O)cc1OC. The number of rotatable bonds is 6. The molecule has 1 amide bonds. The number of methoxy groups -OCH3 is 2. The van der Waals surface area contributed by atoms with Gasteiger partial charge in [-0.1, -0.05) is 38.1 Å². The Balaban J connectivity index is 1.70. The van der Waals surface area contributed by atoms with Gasteiger partial charge in [-0.05, 0) is 41.8 Å². The Morgan fingerprint density at radius 1 is 0.939 bits per heavy atom. The number of carbonyl (C=O) groups excluding carboxylic acids is 1. The molecule has 3 aromatic rings. The molecule has 0 saturated carbocycles. The van der Waals surface area contributed by atoms with Crippen LogP contribution in [0.5, 0.6) is 11.5 Å². The molecule has 4 rings (SSSR count). The van der Waals surface area contributed by atoms with Crippen LogP contribution < -0.4 is 19.1 Å². The van der Waals surface area contributed by atoms with Crippen LogP contribution in [0.1, 0.15) is 25.3 Å². The van der Waals surface area contributed by atoms with Crippen LogP contribution in [0.2, 0.25) is 0 Å².